The summed E-state index contributed by atoms with van der Waals surface area (Å²) >= 11 is 0. The number of hydrogen-bond acceptors (Lipinski definition) is 3. The first-order valence-electron chi connectivity index (χ1n) is 5.94. The lowest BCUT2D eigenvalue weighted by atomic mass is 9.96. The van der Waals surface area contributed by atoms with Crippen molar-refractivity contribution in [3.05, 3.63) is 17.6 Å². The monoisotopic (exact) mass is 203 g/mol. The van der Waals surface area contributed by atoms with E-state index in [2.05, 4.69) is 22.2 Å². The molecule has 1 saturated carbocycles. The minimum absolute atomic E-state index is 0.658. The fourth-order valence-corrected chi connectivity index (χ4v) is 2.34. The van der Waals surface area contributed by atoms with Gasteiger partial charge in [-0.1, -0.05) is 6.92 Å². The third-order valence-corrected chi connectivity index (χ3v) is 3.56. The third-order valence-electron chi connectivity index (χ3n) is 3.56. The summed E-state index contributed by atoms with van der Waals surface area (Å²) in [6.07, 6.45) is 7.85. The molecule has 1 N–H and O–H groups in total. The van der Waals surface area contributed by atoms with Crippen LogP contribution >= 0.6 is 0 Å². The molecular formula is C12H17N3. The molecule has 1 aromatic heterocycles. The zero-order valence-electron chi connectivity index (χ0n) is 9.16. The van der Waals surface area contributed by atoms with Crippen LogP contribution in [-0.4, -0.2) is 16.0 Å². The number of hydrogen-bond donors (Lipinski definition) is 1. The van der Waals surface area contributed by atoms with E-state index >= 15 is 0 Å². The lowest BCUT2D eigenvalue weighted by Crippen LogP contribution is -2.13. The highest BCUT2D eigenvalue weighted by Gasteiger charge is 2.33. The molecule has 0 aromatic carbocycles. The van der Waals surface area contributed by atoms with Crippen LogP contribution in [0.25, 0.3) is 0 Å². The lowest BCUT2D eigenvalue weighted by molar-refractivity contribution is 0.663. The minimum atomic E-state index is 0.658. The van der Waals surface area contributed by atoms with Crippen molar-refractivity contribution in [2.24, 2.45) is 5.92 Å². The summed E-state index contributed by atoms with van der Waals surface area (Å²) < 4.78 is 0. The Bertz CT molecular complexity index is 375. The van der Waals surface area contributed by atoms with Gasteiger partial charge in [-0.25, -0.2) is 9.97 Å². The van der Waals surface area contributed by atoms with Crippen LogP contribution in [0, 0.1) is 5.92 Å². The molecule has 3 heteroatoms. The van der Waals surface area contributed by atoms with Crippen LogP contribution in [0.2, 0.25) is 0 Å². The molecule has 1 fully saturated rings. The van der Waals surface area contributed by atoms with Crippen molar-refractivity contribution in [2.45, 2.75) is 45.1 Å². The van der Waals surface area contributed by atoms with Crippen LogP contribution in [0.3, 0.4) is 0 Å². The van der Waals surface area contributed by atoms with Crippen molar-refractivity contribution in [1.29, 1.82) is 0 Å². The van der Waals surface area contributed by atoms with E-state index in [0.29, 0.717) is 6.04 Å². The third kappa shape index (κ3) is 1.71. The summed E-state index contributed by atoms with van der Waals surface area (Å²) in [5.74, 6) is 1.92. The molecule has 0 bridgehead atoms. The first kappa shape index (κ1) is 9.13. The first-order valence-corrected chi connectivity index (χ1v) is 5.94. The Kier molecular flexibility index (Phi) is 2.11. The highest BCUT2D eigenvalue weighted by Crippen LogP contribution is 2.34. The molecule has 15 heavy (non-hydrogen) atoms. The maximum Gasteiger partial charge on any atom is 0.133 e. The summed E-state index contributed by atoms with van der Waals surface area (Å²) in [7, 11) is 0. The van der Waals surface area contributed by atoms with Gasteiger partial charge in [-0.3, -0.25) is 0 Å². The zero-order valence-corrected chi connectivity index (χ0v) is 9.16. The Labute approximate surface area is 90.3 Å². The number of nitrogens with zero attached hydrogens (tertiary/aromatic N) is 2. The SMILES string of the molecule is CC1CC1Nc1ncnc2c1CCCC2. The molecule has 2 unspecified atom stereocenters. The molecule has 0 aliphatic heterocycles. The fourth-order valence-electron chi connectivity index (χ4n) is 2.34. The number of fused-ring (bicyclic) bond motifs is 1. The van der Waals surface area contributed by atoms with Crippen LogP contribution in [0.4, 0.5) is 5.82 Å². The number of aromatic nitrogens is 2. The summed E-state index contributed by atoms with van der Waals surface area (Å²) in [6.45, 7) is 2.28. The van der Waals surface area contributed by atoms with Crippen molar-refractivity contribution in [3.63, 3.8) is 0 Å². The van der Waals surface area contributed by atoms with Crippen molar-refractivity contribution in [3.8, 4) is 0 Å². The van der Waals surface area contributed by atoms with E-state index < -0.39 is 0 Å². The average molecular weight is 203 g/mol. The standard InChI is InChI=1S/C12H17N3/c1-8-6-11(8)15-12-9-4-2-3-5-10(9)13-7-14-12/h7-8,11H,2-6H2,1H3,(H,13,14,15). The lowest BCUT2D eigenvalue weighted by Gasteiger charge is -2.17. The molecule has 1 heterocycles. The minimum Gasteiger partial charge on any atom is -0.367 e. The molecule has 2 aliphatic rings. The molecular weight excluding hydrogens is 186 g/mol. The van der Waals surface area contributed by atoms with Gasteiger partial charge < -0.3 is 5.32 Å². The molecule has 0 spiro atoms. The smallest absolute Gasteiger partial charge is 0.133 e. The zero-order chi connectivity index (χ0) is 10.3. The van der Waals surface area contributed by atoms with Gasteiger partial charge in [0.05, 0.1) is 0 Å². The van der Waals surface area contributed by atoms with E-state index in [1.54, 1.807) is 6.33 Å². The summed E-state index contributed by atoms with van der Waals surface area (Å²) in [6, 6.07) is 0.658. The van der Waals surface area contributed by atoms with Crippen LogP contribution in [0.15, 0.2) is 6.33 Å². The molecule has 2 aliphatic carbocycles. The van der Waals surface area contributed by atoms with Crippen molar-refractivity contribution < 1.29 is 0 Å². The van der Waals surface area contributed by atoms with Gasteiger partial charge in [0.15, 0.2) is 0 Å². The quantitative estimate of drug-likeness (QED) is 0.800. The van der Waals surface area contributed by atoms with E-state index in [-0.39, 0.29) is 0 Å². The molecule has 3 rings (SSSR count). The van der Waals surface area contributed by atoms with Gasteiger partial charge in [0.2, 0.25) is 0 Å². The van der Waals surface area contributed by atoms with Crippen molar-refractivity contribution >= 4 is 5.82 Å². The summed E-state index contributed by atoms with van der Waals surface area (Å²) in [5, 5.41) is 3.54. The molecule has 1 aromatic rings. The van der Waals surface area contributed by atoms with E-state index in [9.17, 15) is 0 Å². The Morgan fingerprint density at radius 2 is 2.07 bits per heavy atom. The van der Waals surface area contributed by atoms with Gasteiger partial charge >= 0.3 is 0 Å². The van der Waals surface area contributed by atoms with Crippen LogP contribution in [-0.2, 0) is 12.8 Å². The Balaban J connectivity index is 1.86. The number of rotatable bonds is 2. The highest BCUT2D eigenvalue weighted by atomic mass is 15.1. The fraction of sp³-hybridized carbons (Fsp3) is 0.667. The second-order valence-electron chi connectivity index (χ2n) is 4.82. The number of nitrogens with one attached hydrogen (secondary N) is 1. The predicted molar refractivity (Wildman–Crippen MR) is 59.9 cm³/mol. The van der Waals surface area contributed by atoms with E-state index in [1.165, 1.54) is 30.5 Å². The maximum atomic E-state index is 4.38. The summed E-state index contributed by atoms with van der Waals surface area (Å²) in [4.78, 5) is 8.76. The van der Waals surface area contributed by atoms with Crippen LogP contribution in [0.1, 0.15) is 37.4 Å². The Hall–Kier alpha value is -1.12. The highest BCUT2D eigenvalue weighted by molar-refractivity contribution is 5.48. The molecule has 0 radical (unpaired) electrons. The maximum absolute atomic E-state index is 4.38. The van der Waals surface area contributed by atoms with E-state index in [1.807, 2.05) is 0 Å². The number of aryl methyl sites for hydroxylation is 1. The molecule has 0 amide bonds. The van der Waals surface area contributed by atoms with Crippen LogP contribution < -0.4 is 5.32 Å². The Morgan fingerprint density at radius 3 is 2.87 bits per heavy atom. The second kappa shape index (κ2) is 3.47. The van der Waals surface area contributed by atoms with Gasteiger partial charge in [0, 0.05) is 17.3 Å². The molecule has 2 atom stereocenters. The molecule has 80 valence electrons. The number of anilines is 1. The van der Waals surface area contributed by atoms with Crippen LogP contribution in [0.5, 0.6) is 0 Å². The molecule has 3 nitrogen and oxygen atoms in total. The van der Waals surface area contributed by atoms with Gasteiger partial charge in [-0.05, 0) is 38.0 Å². The van der Waals surface area contributed by atoms with Gasteiger partial charge in [0.25, 0.3) is 0 Å². The van der Waals surface area contributed by atoms with Gasteiger partial charge in [-0.15, -0.1) is 0 Å². The predicted octanol–water partition coefficient (Wildman–Crippen LogP) is 2.18. The average Bonchev–Trinajstić information content (AvgIpc) is 2.95. The molecule has 0 saturated heterocycles. The van der Waals surface area contributed by atoms with E-state index in [4.69, 9.17) is 0 Å². The van der Waals surface area contributed by atoms with E-state index in [0.717, 1.165) is 24.6 Å². The van der Waals surface area contributed by atoms with Gasteiger partial charge in [0.1, 0.15) is 12.1 Å². The largest absolute Gasteiger partial charge is 0.367 e. The first-order chi connectivity index (χ1) is 7.34. The second-order valence-corrected chi connectivity index (χ2v) is 4.82. The Morgan fingerprint density at radius 1 is 1.27 bits per heavy atom. The van der Waals surface area contributed by atoms with Crippen molar-refractivity contribution in [2.75, 3.05) is 5.32 Å². The topological polar surface area (TPSA) is 37.8 Å². The van der Waals surface area contributed by atoms with Crippen molar-refractivity contribution in [1.82, 2.24) is 9.97 Å². The normalized spacial score (nSPS) is 28.3. The summed E-state index contributed by atoms with van der Waals surface area (Å²) in [5.41, 5.74) is 2.65. The van der Waals surface area contributed by atoms with Gasteiger partial charge in [-0.2, -0.15) is 0 Å².